The van der Waals surface area contributed by atoms with Crippen molar-refractivity contribution in [3.8, 4) is 5.75 Å². The van der Waals surface area contributed by atoms with Crippen LogP contribution in [0.5, 0.6) is 5.75 Å². The van der Waals surface area contributed by atoms with Gasteiger partial charge in [0.05, 0.1) is 7.11 Å². The fraction of sp³-hybridized carbons (Fsp3) is 0.625. The van der Waals surface area contributed by atoms with Gasteiger partial charge in [-0.3, -0.25) is 9.80 Å². The molecule has 104 valence electrons. The van der Waals surface area contributed by atoms with E-state index in [-0.39, 0.29) is 0 Å². The Morgan fingerprint density at radius 1 is 1.26 bits per heavy atom. The van der Waals surface area contributed by atoms with Crippen LogP contribution in [-0.4, -0.2) is 48.6 Å². The lowest BCUT2D eigenvalue weighted by atomic mass is 10.1. The quantitative estimate of drug-likeness (QED) is 0.830. The first kappa shape index (κ1) is 12.9. The van der Waals surface area contributed by atoms with E-state index in [0.29, 0.717) is 6.04 Å². The van der Waals surface area contributed by atoms with Gasteiger partial charge in [-0.05, 0) is 32.4 Å². The maximum atomic E-state index is 5.47. The molecule has 0 radical (unpaired) electrons. The van der Waals surface area contributed by atoms with Crippen LogP contribution < -0.4 is 4.74 Å². The lowest BCUT2D eigenvalue weighted by molar-refractivity contribution is 0.0535. The molecule has 2 fully saturated rings. The molecule has 2 atom stereocenters. The number of hydrogen-bond donors (Lipinski definition) is 0. The number of piperazine rings is 1. The highest BCUT2D eigenvalue weighted by atomic mass is 16.5. The van der Waals surface area contributed by atoms with Gasteiger partial charge in [-0.25, -0.2) is 0 Å². The first-order chi connectivity index (χ1) is 9.28. The average Bonchev–Trinajstić information content (AvgIpc) is 2.87. The van der Waals surface area contributed by atoms with Gasteiger partial charge in [0, 0.05) is 37.3 Å². The van der Waals surface area contributed by atoms with Crippen LogP contribution in [0.15, 0.2) is 24.3 Å². The summed E-state index contributed by atoms with van der Waals surface area (Å²) >= 11 is 0. The summed E-state index contributed by atoms with van der Waals surface area (Å²) in [4.78, 5) is 5.29. The fourth-order valence-corrected chi connectivity index (χ4v) is 3.52. The Kier molecular flexibility index (Phi) is 3.76. The largest absolute Gasteiger partial charge is 0.496 e. The van der Waals surface area contributed by atoms with Crippen LogP contribution in [0.2, 0.25) is 0 Å². The number of para-hydroxylation sites is 1. The van der Waals surface area contributed by atoms with Gasteiger partial charge in [0.15, 0.2) is 0 Å². The molecule has 2 saturated heterocycles. The molecule has 0 saturated carbocycles. The molecule has 1 aromatic rings. The minimum atomic E-state index is 0.638. The second-order valence-corrected chi connectivity index (χ2v) is 5.88. The second-order valence-electron chi connectivity index (χ2n) is 5.88. The van der Waals surface area contributed by atoms with Crippen LogP contribution in [0.4, 0.5) is 0 Å². The number of ether oxygens (including phenoxy) is 1. The van der Waals surface area contributed by atoms with Gasteiger partial charge in [-0.1, -0.05) is 18.2 Å². The van der Waals surface area contributed by atoms with Crippen LogP contribution in [0.1, 0.15) is 25.3 Å². The first-order valence-electron chi connectivity index (χ1n) is 7.38. The third kappa shape index (κ3) is 2.63. The smallest absolute Gasteiger partial charge is 0.123 e. The van der Waals surface area contributed by atoms with E-state index in [1.807, 2.05) is 6.07 Å². The standard InChI is InChI=1S/C16H24N2O/c1-13-10-17-9-5-7-15(17)12-18(13)11-14-6-3-4-8-16(14)19-2/h3-4,6,8,13,15H,5,7,9-12H2,1-2H3. The number of hydrogen-bond acceptors (Lipinski definition) is 3. The van der Waals surface area contributed by atoms with E-state index in [4.69, 9.17) is 4.74 Å². The van der Waals surface area contributed by atoms with Crippen molar-refractivity contribution in [2.45, 2.75) is 38.4 Å². The van der Waals surface area contributed by atoms with Crippen LogP contribution in [0, 0.1) is 0 Å². The minimum Gasteiger partial charge on any atom is -0.496 e. The summed E-state index contributed by atoms with van der Waals surface area (Å²) in [6.07, 6.45) is 2.75. The van der Waals surface area contributed by atoms with Crippen molar-refractivity contribution in [1.29, 1.82) is 0 Å². The molecular weight excluding hydrogens is 236 g/mol. The lowest BCUT2D eigenvalue weighted by Crippen LogP contribution is -2.54. The predicted molar refractivity (Wildman–Crippen MR) is 77.5 cm³/mol. The summed E-state index contributed by atoms with van der Waals surface area (Å²) in [5, 5.41) is 0. The van der Waals surface area contributed by atoms with Gasteiger partial charge in [0.1, 0.15) is 5.75 Å². The Morgan fingerprint density at radius 3 is 2.95 bits per heavy atom. The van der Waals surface area contributed by atoms with Crippen molar-refractivity contribution in [1.82, 2.24) is 9.80 Å². The number of methoxy groups -OCH3 is 1. The van der Waals surface area contributed by atoms with E-state index in [1.54, 1.807) is 7.11 Å². The van der Waals surface area contributed by atoms with Crippen molar-refractivity contribution >= 4 is 0 Å². The summed E-state index contributed by atoms with van der Waals surface area (Å²) in [5.41, 5.74) is 1.31. The molecule has 2 unspecified atom stereocenters. The highest BCUT2D eigenvalue weighted by Crippen LogP contribution is 2.27. The molecule has 2 aliphatic heterocycles. The number of rotatable bonds is 3. The Hall–Kier alpha value is -1.06. The second kappa shape index (κ2) is 5.51. The third-order valence-corrected chi connectivity index (χ3v) is 4.63. The van der Waals surface area contributed by atoms with Gasteiger partial charge in [-0.15, -0.1) is 0 Å². The van der Waals surface area contributed by atoms with Gasteiger partial charge in [0.2, 0.25) is 0 Å². The number of nitrogens with zero attached hydrogens (tertiary/aromatic N) is 2. The number of fused-ring (bicyclic) bond motifs is 1. The van der Waals surface area contributed by atoms with Crippen LogP contribution in [0.25, 0.3) is 0 Å². The molecule has 0 N–H and O–H groups in total. The molecule has 0 aliphatic carbocycles. The summed E-state index contributed by atoms with van der Waals surface area (Å²) in [7, 11) is 1.76. The number of benzene rings is 1. The van der Waals surface area contributed by atoms with Crippen molar-refractivity contribution in [3.05, 3.63) is 29.8 Å². The average molecular weight is 260 g/mol. The molecule has 0 bridgehead atoms. The van der Waals surface area contributed by atoms with Crippen molar-refractivity contribution < 1.29 is 4.74 Å². The van der Waals surface area contributed by atoms with Crippen molar-refractivity contribution in [2.75, 3.05) is 26.7 Å². The Labute approximate surface area is 116 Å². The van der Waals surface area contributed by atoms with Gasteiger partial charge < -0.3 is 4.74 Å². The van der Waals surface area contributed by atoms with Gasteiger partial charge >= 0.3 is 0 Å². The topological polar surface area (TPSA) is 15.7 Å². The van der Waals surface area contributed by atoms with Crippen LogP contribution in [0.3, 0.4) is 0 Å². The highest BCUT2D eigenvalue weighted by molar-refractivity contribution is 5.33. The first-order valence-corrected chi connectivity index (χ1v) is 7.38. The Morgan fingerprint density at radius 2 is 2.11 bits per heavy atom. The van der Waals surface area contributed by atoms with E-state index < -0.39 is 0 Å². The third-order valence-electron chi connectivity index (χ3n) is 4.63. The zero-order valence-electron chi connectivity index (χ0n) is 12.0. The SMILES string of the molecule is COc1ccccc1CN1CC2CCCN2CC1C. The molecule has 2 aliphatic rings. The van der Waals surface area contributed by atoms with E-state index in [2.05, 4.69) is 34.9 Å². The molecule has 19 heavy (non-hydrogen) atoms. The normalized spacial score (nSPS) is 28.3. The zero-order chi connectivity index (χ0) is 13.2. The lowest BCUT2D eigenvalue weighted by Gasteiger charge is -2.42. The van der Waals surface area contributed by atoms with E-state index >= 15 is 0 Å². The minimum absolute atomic E-state index is 0.638. The van der Waals surface area contributed by atoms with Crippen molar-refractivity contribution in [2.24, 2.45) is 0 Å². The van der Waals surface area contributed by atoms with Crippen molar-refractivity contribution in [3.63, 3.8) is 0 Å². The molecule has 3 rings (SSSR count). The summed E-state index contributed by atoms with van der Waals surface area (Å²) < 4.78 is 5.47. The fourth-order valence-electron chi connectivity index (χ4n) is 3.52. The van der Waals surface area contributed by atoms with E-state index in [0.717, 1.165) is 18.3 Å². The maximum absolute atomic E-state index is 5.47. The van der Waals surface area contributed by atoms with Crippen LogP contribution >= 0.6 is 0 Å². The van der Waals surface area contributed by atoms with E-state index in [1.165, 1.54) is 38.0 Å². The highest BCUT2D eigenvalue weighted by Gasteiger charge is 2.34. The summed E-state index contributed by atoms with van der Waals surface area (Å²) in [5.74, 6) is 1.02. The molecule has 0 spiro atoms. The molecule has 0 aromatic heterocycles. The molecule has 3 heteroatoms. The summed E-state index contributed by atoms with van der Waals surface area (Å²) in [6.45, 7) is 7.09. The predicted octanol–water partition coefficient (Wildman–Crippen LogP) is 2.36. The molecule has 0 amide bonds. The van der Waals surface area contributed by atoms with Gasteiger partial charge in [-0.2, -0.15) is 0 Å². The molecule has 3 nitrogen and oxygen atoms in total. The summed E-state index contributed by atoms with van der Waals surface area (Å²) in [6, 6.07) is 9.82. The molecule has 2 heterocycles. The zero-order valence-corrected chi connectivity index (χ0v) is 12.0. The van der Waals surface area contributed by atoms with Gasteiger partial charge in [0.25, 0.3) is 0 Å². The maximum Gasteiger partial charge on any atom is 0.123 e. The van der Waals surface area contributed by atoms with E-state index in [9.17, 15) is 0 Å². The monoisotopic (exact) mass is 260 g/mol. The van der Waals surface area contributed by atoms with Crippen LogP contribution in [-0.2, 0) is 6.54 Å². The molecular formula is C16H24N2O. The Bertz CT molecular complexity index is 435. The Balaban J connectivity index is 1.72. The molecule has 1 aromatic carbocycles.